The first-order valence-corrected chi connectivity index (χ1v) is 16.1. The number of hydrogen-bond donors (Lipinski definition) is 5. The van der Waals surface area contributed by atoms with E-state index in [1.54, 1.807) is 48.5 Å². The minimum Gasteiger partial charge on any atom is -0.478 e. The van der Waals surface area contributed by atoms with E-state index in [4.69, 9.17) is 0 Å². The molecule has 2 aromatic carbocycles. The first-order chi connectivity index (χ1) is 23.9. The Balaban J connectivity index is 1.61. The van der Waals surface area contributed by atoms with E-state index in [1.165, 1.54) is 30.3 Å². The van der Waals surface area contributed by atoms with Crippen LogP contribution >= 0.6 is 0 Å². The molecule has 5 N–H and O–H groups in total. The average Bonchev–Trinajstić information content (AvgIpc) is 3.02. The summed E-state index contributed by atoms with van der Waals surface area (Å²) in [5.41, 5.74) is 0.678. The van der Waals surface area contributed by atoms with Crippen LogP contribution in [0, 0.1) is 22.7 Å². The molecule has 0 aliphatic carbocycles. The standard InChI is InChI=1S/C39H40N6O6/c1-38(2,3)22-33(46)42-29-9-7-11-31(40-29)44-35(48)27-19-25(14-13-24-15-17-26(18-16-24)37(50)51)20-28(21-27)36(49)45-32-12-8-10-30(41-32)43-34(47)23-39(4,5)6/h7-12,15-21H,22-23H2,1-6H3,(H,50,51)(H2,40,42,44,46,48)(H2,41,43,45,47,49). The molecule has 12 nitrogen and oxygen atoms in total. The smallest absolute Gasteiger partial charge is 0.335 e. The fraction of sp³-hybridized carbons (Fsp3) is 0.256. The van der Waals surface area contributed by atoms with Gasteiger partial charge >= 0.3 is 5.97 Å². The third-order valence-electron chi connectivity index (χ3n) is 6.84. The minimum atomic E-state index is -1.07. The molecule has 4 rings (SSSR count). The Bertz CT molecular complexity index is 1930. The van der Waals surface area contributed by atoms with Gasteiger partial charge in [-0.05, 0) is 77.6 Å². The van der Waals surface area contributed by atoms with Gasteiger partial charge in [0.2, 0.25) is 11.8 Å². The van der Waals surface area contributed by atoms with Crippen molar-refractivity contribution in [3.05, 3.63) is 107 Å². The predicted octanol–water partition coefficient (Wildman–Crippen LogP) is 6.83. The number of amides is 4. The molecule has 0 spiro atoms. The van der Waals surface area contributed by atoms with Crippen LogP contribution in [0.2, 0.25) is 0 Å². The van der Waals surface area contributed by atoms with Crippen LogP contribution in [0.4, 0.5) is 23.3 Å². The van der Waals surface area contributed by atoms with E-state index in [9.17, 15) is 29.1 Å². The SMILES string of the molecule is CC(C)(C)CC(=O)Nc1cccc(NC(=O)c2cc(C#Cc3ccc(C(=O)O)cc3)cc(C(=O)Nc3cccc(NC(=O)CC(C)(C)C)n3)c2)n1. The number of hydrogen-bond acceptors (Lipinski definition) is 7. The fourth-order valence-corrected chi connectivity index (χ4v) is 4.66. The zero-order valence-electron chi connectivity index (χ0n) is 29.3. The van der Waals surface area contributed by atoms with Crippen molar-refractivity contribution < 1.29 is 29.1 Å². The molecule has 0 atom stereocenters. The summed E-state index contributed by atoms with van der Waals surface area (Å²) in [5.74, 6) is 4.06. The van der Waals surface area contributed by atoms with Crippen molar-refractivity contribution in [2.24, 2.45) is 10.8 Å². The highest BCUT2D eigenvalue weighted by molar-refractivity contribution is 6.09. The van der Waals surface area contributed by atoms with E-state index < -0.39 is 17.8 Å². The van der Waals surface area contributed by atoms with Gasteiger partial charge in [0.05, 0.1) is 5.56 Å². The summed E-state index contributed by atoms with van der Waals surface area (Å²) >= 11 is 0. The Morgan fingerprint density at radius 2 is 0.941 bits per heavy atom. The van der Waals surface area contributed by atoms with E-state index in [0.717, 1.165) is 0 Å². The lowest BCUT2D eigenvalue weighted by atomic mass is 9.92. The minimum absolute atomic E-state index is 0.0910. The normalized spacial score (nSPS) is 11.0. The maximum absolute atomic E-state index is 13.5. The van der Waals surface area contributed by atoms with Gasteiger partial charge in [0, 0.05) is 35.1 Å². The number of carbonyl (C=O) groups excluding carboxylic acids is 4. The molecule has 262 valence electrons. The molecule has 0 aliphatic rings. The second-order valence-corrected chi connectivity index (χ2v) is 14.2. The molecule has 0 unspecified atom stereocenters. The maximum atomic E-state index is 13.5. The molecule has 4 aromatic rings. The number of anilines is 4. The van der Waals surface area contributed by atoms with E-state index in [1.807, 2.05) is 41.5 Å². The number of rotatable bonds is 9. The Morgan fingerprint density at radius 3 is 1.33 bits per heavy atom. The molecule has 0 saturated heterocycles. The maximum Gasteiger partial charge on any atom is 0.335 e. The molecule has 0 bridgehead atoms. The lowest BCUT2D eigenvalue weighted by Gasteiger charge is -2.17. The Morgan fingerprint density at radius 1 is 0.549 bits per heavy atom. The summed E-state index contributed by atoms with van der Waals surface area (Å²) in [6.45, 7) is 11.7. The van der Waals surface area contributed by atoms with Crippen molar-refractivity contribution in [3.8, 4) is 11.8 Å². The van der Waals surface area contributed by atoms with Crippen molar-refractivity contribution in [2.75, 3.05) is 21.3 Å². The number of benzene rings is 2. The summed E-state index contributed by atoms with van der Waals surface area (Å²) in [5, 5.41) is 20.1. The molecule has 12 heteroatoms. The van der Waals surface area contributed by atoms with Gasteiger partial charge in [-0.25, -0.2) is 14.8 Å². The van der Waals surface area contributed by atoms with Gasteiger partial charge in [0.1, 0.15) is 23.3 Å². The molecule has 2 aromatic heterocycles. The number of nitrogens with zero attached hydrogens (tertiary/aromatic N) is 2. The van der Waals surface area contributed by atoms with Crippen LogP contribution < -0.4 is 21.3 Å². The van der Waals surface area contributed by atoms with Crippen LogP contribution in [-0.4, -0.2) is 44.7 Å². The van der Waals surface area contributed by atoms with Crippen LogP contribution in [0.3, 0.4) is 0 Å². The fourth-order valence-electron chi connectivity index (χ4n) is 4.66. The van der Waals surface area contributed by atoms with Gasteiger partial charge in [-0.2, -0.15) is 0 Å². The van der Waals surface area contributed by atoms with E-state index in [-0.39, 0.29) is 75.4 Å². The lowest BCUT2D eigenvalue weighted by Crippen LogP contribution is -2.21. The Labute approximate surface area is 296 Å². The monoisotopic (exact) mass is 688 g/mol. The second kappa shape index (κ2) is 15.9. The van der Waals surface area contributed by atoms with Crippen LogP contribution in [0.25, 0.3) is 0 Å². The van der Waals surface area contributed by atoms with Crippen LogP contribution in [0.15, 0.2) is 78.9 Å². The zero-order valence-corrected chi connectivity index (χ0v) is 29.3. The first-order valence-electron chi connectivity index (χ1n) is 16.1. The number of nitrogens with one attached hydrogen (secondary N) is 4. The molecule has 2 heterocycles. The molecular weight excluding hydrogens is 648 g/mol. The summed E-state index contributed by atoms with van der Waals surface area (Å²) in [6, 6.07) is 20.0. The predicted molar refractivity (Wildman–Crippen MR) is 196 cm³/mol. The highest BCUT2D eigenvalue weighted by atomic mass is 16.4. The Kier molecular flexibility index (Phi) is 11.7. The molecule has 0 radical (unpaired) electrons. The van der Waals surface area contributed by atoms with E-state index in [0.29, 0.717) is 11.1 Å². The molecule has 0 aliphatic heterocycles. The first kappa shape index (κ1) is 37.5. The van der Waals surface area contributed by atoms with Gasteiger partial charge in [-0.15, -0.1) is 0 Å². The van der Waals surface area contributed by atoms with Gasteiger partial charge in [0.15, 0.2) is 0 Å². The summed E-state index contributed by atoms with van der Waals surface area (Å²) in [6.07, 6.45) is 0.554. The number of aromatic carboxylic acids is 1. The lowest BCUT2D eigenvalue weighted by molar-refractivity contribution is -0.118. The van der Waals surface area contributed by atoms with Gasteiger partial charge in [-0.1, -0.05) is 65.5 Å². The molecular formula is C39H40N6O6. The Hall–Kier alpha value is -6.35. The van der Waals surface area contributed by atoms with Crippen molar-refractivity contribution in [1.29, 1.82) is 0 Å². The van der Waals surface area contributed by atoms with Gasteiger partial charge in [-0.3, -0.25) is 19.2 Å². The summed E-state index contributed by atoms with van der Waals surface area (Å²) in [7, 11) is 0. The van der Waals surface area contributed by atoms with Crippen molar-refractivity contribution in [1.82, 2.24) is 9.97 Å². The number of carboxylic acids is 1. The highest BCUT2D eigenvalue weighted by Gasteiger charge is 2.19. The van der Waals surface area contributed by atoms with E-state index in [2.05, 4.69) is 43.1 Å². The number of aromatic nitrogens is 2. The molecule has 4 amide bonds. The quantitative estimate of drug-likeness (QED) is 0.119. The second-order valence-electron chi connectivity index (χ2n) is 14.2. The number of carboxylic acid groups (broad SMARTS) is 1. The third-order valence-corrected chi connectivity index (χ3v) is 6.84. The van der Waals surface area contributed by atoms with Gasteiger partial charge in [0.25, 0.3) is 11.8 Å². The topological polar surface area (TPSA) is 179 Å². The number of carbonyl (C=O) groups is 5. The zero-order chi connectivity index (χ0) is 37.3. The van der Waals surface area contributed by atoms with E-state index >= 15 is 0 Å². The molecule has 51 heavy (non-hydrogen) atoms. The molecule has 0 saturated carbocycles. The third kappa shape index (κ3) is 12.2. The average molecular weight is 689 g/mol. The largest absolute Gasteiger partial charge is 0.478 e. The highest BCUT2D eigenvalue weighted by Crippen LogP contribution is 2.22. The van der Waals surface area contributed by atoms with Crippen LogP contribution in [0.1, 0.15) is 96.6 Å². The van der Waals surface area contributed by atoms with Crippen molar-refractivity contribution >= 4 is 52.9 Å². The molecule has 0 fully saturated rings. The van der Waals surface area contributed by atoms with Crippen LogP contribution in [0.5, 0.6) is 0 Å². The van der Waals surface area contributed by atoms with Crippen molar-refractivity contribution in [3.63, 3.8) is 0 Å². The summed E-state index contributed by atoms with van der Waals surface area (Å²) < 4.78 is 0. The summed E-state index contributed by atoms with van der Waals surface area (Å²) in [4.78, 5) is 71.8. The number of pyridine rings is 2. The van der Waals surface area contributed by atoms with Crippen LogP contribution in [-0.2, 0) is 9.59 Å². The van der Waals surface area contributed by atoms with Gasteiger partial charge < -0.3 is 26.4 Å². The van der Waals surface area contributed by atoms with Crippen molar-refractivity contribution in [2.45, 2.75) is 54.4 Å².